The average Bonchev–Trinajstić information content (AvgIpc) is 2.49. The van der Waals surface area contributed by atoms with E-state index in [-0.39, 0.29) is 5.91 Å². The first-order valence-corrected chi connectivity index (χ1v) is 6.36. The second-order valence-corrected chi connectivity index (χ2v) is 4.56. The Labute approximate surface area is 115 Å². The highest BCUT2D eigenvalue weighted by Gasteiger charge is 2.27. The molecule has 2 heterocycles. The molecular formula is C15H13FN2O2. The summed E-state index contributed by atoms with van der Waals surface area (Å²) in [5.74, 6) is -0.854. The Balaban J connectivity index is 1.80. The van der Waals surface area contributed by atoms with Crippen molar-refractivity contribution < 1.29 is 13.9 Å². The van der Waals surface area contributed by atoms with Gasteiger partial charge in [-0.25, -0.2) is 4.98 Å². The van der Waals surface area contributed by atoms with E-state index in [4.69, 9.17) is 4.74 Å². The number of hydrogen-bond donors (Lipinski definition) is 1. The lowest BCUT2D eigenvalue weighted by Gasteiger charge is -2.25. The fourth-order valence-corrected chi connectivity index (χ4v) is 2.27. The number of carbonyl (C=O) groups is 1. The van der Waals surface area contributed by atoms with Gasteiger partial charge >= 0.3 is 0 Å². The Morgan fingerprint density at radius 2 is 2.15 bits per heavy atom. The third-order valence-electron chi connectivity index (χ3n) is 3.23. The van der Waals surface area contributed by atoms with Crippen LogP contribution in [0.15, 0.2) is 42.6 Å². The molecule has 0 bridgehead atoms. The van der Waals surface area contributed by atoms with Crippen molar-refractivity contribution in [2.45, 2.75) is 12.5 Å². The number of nitrogens with zero attached hydrogens (tertiary/aromatic N) is 1. The number of carbonyl (C=O) groups excluding carboxylic acids is 1. The first kappa shape index (κ1) is 12.7. The summed E-state index contributed by atoms with van der Waals surface area (Å²) in [6.45, 7) is 0.511. The predicted molar refractivity (Wildman–Crippen MR) is 71.7 cm³/mol. The highest BCUT2D eigenvalue weighted by Crippen LogP contribution is 2.27. The van der Waals surface area contributed by atoms with Gasteiger partial charge in [-0.15, -0.1) is 0 Å². The van der Waals surface area contributed by atoms with Crippen LogP contribution >= 0.6 is 0 Å². The second-order valence-electron chi connectivity index (χ2n) is 4.56. The van der Waals surface area contributed by atoms with Crippen LogP contribution in [0.3, 0.4) is 0 Å². The van der Waals surface area contributed by atoms with Crippen molar-refractivity contribution >= 4 is 11.6 Å². The lowest BCUT2D eigenvalue weighted by Crippen LogP contribution is -2.28. The van der Waals surface area contributed by atoms with Gasteiger partial charge in [0.25, 0.3) is 5.91 Å². The van der Waals surface area contributed by atoms with Gasteiger partial charge in [0, 0.05) is 0 Å². The van der Waals surface area contributed by atoms with Gasteiger partial charge < -0.3 is 10.1 Å². The lowest BCUT2D eigenvalue weighted by molar-refractivity contribution is -0.128. The molecule has 0 saturated heterocycles. The number of pyridine rings is 1. The number of fused-ring (bicyclic) bond motifs is 1. The van der Waals surface area contributed by atoms with Crippen LogP contribution in [-0.4, -0.2) is 17.5 Å². The Morgan fingerprint density at radius 3 is 2.95 bits per heavy atom. The molecule has 5 heteroatoms. The van der Waals surface area contributed by atoms with Crippen molar-refractivity contribution in [2.24, 2.45) is 0 Å². The van der Waals surface area contributed by atoms with Crippen LogP contribution in [0, 0.1) is 5.95 Å². The Bertz CT molecular complexity index is 628. The van der Waals surface area contributed by atoms with Gasteiger partial charge in [-0.2, -0.15) is 4.39 Å². The summed E-state index contributed by atoms with van der Waals surface area (Å²) in [6, 6.07) is 10.4. The topological polar surface area (TPSA) is 51.2 Å². The molecule has 102 valence electrons. The Hall–Kier alpha value is -2.27. The van der Waals surface area contributed by atoms with Gasteiger partial charge in [-0.1, -0.05) is 24.3 Å². The number of anilines is 1. The highest BCUT2D eigenvalue weighted by molar-refractivity contribution is 5.95. The Morgan fingerprint density at radius 1 is 1.30 bits per heavy atom. The molecule has 0 fully saturated rings. The van der Waals surface area contributed by atoms with Crippen molar-refractivity contribution in [2.75, 3.05) is 11.9 Å². The maximum absolute atomic E-state index is 12.7. The van der Waals surface area contributed by atoms with Crippen LogP contribution in [0.1, 0.15) is 17.2 Å². The Kier molecular flexibility index (Phi) is 3.43. The maximum atomic E-state index is 12.7. The van der Waals surface area contributed by atoms with Gasteiger partial charge in [0.1, 0.15) is 0 Å². The van der Waals surface area contributed by atoms with E-state index in [1.54, 1.807) is 0 Å². The lowest BCUT2D eigenvalue weighted by atomic mass is 9.97. The zero-order valence-electron chi connectivity index (χ0n) is 10.7. The smallest absolute Gasteiger partial charge is 0.258 e. The van der Waals surface area contributed by atoms with Gasteiger partial charge in [-0.05, 0) is 29.7 Å². The van der Waals surface area contributed by atoms with Crippen LogP contribution in [-0.2, 0) is 16.0 Å². The molecule has 0 radical (unpaired) electrons. The van der Waals surface area contributed by atoms with Gasteiger partial charge in [-0.3, -0.25) is 4.79 Å². The molecule has 3 rings (SSSR count). The number of aromatic nitrogens is 1. The molecule has 0 spiro atoms. The number of hydrogen-bond acceptors (Lipinski definition) is 3. The monoisotopic (exact) mass is 272 g/mol. The van der Waals surface area contributed by atoms with Crippen molar-refractivity contribution in [3.05, 3.63) is 59.7 Å². The zero-order valence-corrected chi connectivity index (χ0v) is 10.7. The van der Waals surface area contributed by atoms with Crippen LogP contribution in [0.25, 0.3) is 0 Å². The van der Waals surface area contributed by atoms with Crippen molar-refractivity contribution in [3.8, 4) is 0 Å². The fraction of sp³-hybridized carbons (Fsp3) is 0.200. The molecule has 0 saturated carbocycles. The van der Waals surface area contributed by atoms with E-state index in [1.807, 2.05) is 24.3 Å². The van der Waals surface area contributed by atoms with Crippen LogP contribution in [0.4, 0.5) is 10.1 Å². The summed E-state index contributed by atoms with van der Waals surface area (Å²) in [5, 5.41) is 2.69. The number of benzene rings is 1. The minimum absolute atomic E-state index is 0.273. The number of rotatable bonds is 2. The molecule has 1 aliphatic heterocycles. The molecule has 4 nitrogen and oxygen atoms in total. The normalized spacial score (nSPS) is 17.4. The van der Waals surface area contributed by atoms with Gasteiger partial charge in [0.15, 0.2) is 6.10 Å². The second kappa shape index (κ2) is 5.38. The van der Waals surface area contributed by atoms with Crippen molar-refractivity contribution in [3.63, 3.8) is 0 Å². The van der Waals surface area contributed by atoms with Gasteiger partial charge in [0.05, 0.1) is 18.5 Å². The maximum Gasteiger partial charge on any atom is 0.258 e. The largest absolute Gasteiger partial charge is 0.363 e. The summed E-state index contributed by atoms with van der Waals surface area (Å²) in [4.78, 5) is 15.8. The standard InChI is InChI=1S/C15H13FN2O2/c16-13-6-5-11(9-17-13)18-15(19)14-12-4-2-1-3-10(12)7-8-20-14/h1-6,9,14H,7-8H2,(H,18,19). The molecular weight excluding hydrogens is 259 g/mol. The summed E-state index contributed by atoms with van der Waals surface area (Å²) in [6.07, 6.45) is 1.45. The number of nitrogens with one attached hydrogen (secondary N) is 1. The van der Waals surface area contributed by atoms with E-state index < -0.39 is 12.1 Å². The molecule has 1 amide bonds. The van der Waals surface area contributed by atoms with E-state index in [0.717, 1.165) is 17.5 Å². The quantitative estimate of drug-likeness (QED) is 0.854. The number of ether oxygens (including phenoxy) is 1. The molecule has 2 aromatic rings. The van der Waals surface area contributed by atoms with E-state index in [2.05, 4.69) is 10.3 Å². The van der Waals surface area contributed by atoms with Crippen LogP contribution < -0.4 is 5.32 Å². The summed E-state index contributed by atoms with van der Waals surface area (Å²) in [7, 11) is 0. The number of amides is 1. The molecule has 1 aromatic heterocycles. The summed E-state index contributed by atoms with van der Waals surface area (Å²) in [5.41, 5.74) is 2.45. The molecule has 1 atom stereocenters. The van der Waals surface area contributed by atoms with Gasteiger partial charge in [0.2, 0.25) is 5.95 Å². The van der Waals surface area contributed by atoms with Crippen molar-refractivity contribution in [1.82, 2.24) is 4.98 Å². The molecule has 1 aromatic carbocycles. The first-order valence-electron chi connectivity index (χ1n) is 6.36. The first-order chi connectivity index (χ1) is 9.74. The minimum Gasteiger partial charge on any atom is -0.363 e. The van der Waals surface area contributed by atoms with Crippen LogP contribution in [0.5, 0.6) is 0 Å². The fourth-order valence-electron chi connectivity index (χ4n) is 2.27. The molecule has 1 N–H and O–H groups in total. The summed E-state index contributed by atoms with van der Waals surface area (Å²) >= 11 is 0. The molecule has 1 unspecified atom stereocenters. The molecule has 0 aliphatic carbocycles. The zero-order chi connectivity index (χ0) is 13.9. The molecule has 1 aliphatic rings. The van der Waals surface area contributed by atoms with Crippen molar-refractivity contribution in [1.29, 1.82) is 0 Å². The third kappa shape index (κ3) is 2.53. The minimum atomic E-state index is -0.634. The van der Waals surface area contributed by atoms with Crippen LogP contribution in [0.2, 0.25) is 0 Å². The van der Waals surface area contributed by atoms with E-state index in [0.29, 0.717) is 12.3 Å². The van der Waals surface area contributed by atoms with E-state index in [9.17, 15) is 9.18 Å². The highest BCUT2D eigenvalue weighted by atomic mass is 19.1. The predicted octanol–water partition coefficient (Wildman–Crippen LogP) is 2.47. The van der Waals surface area contributed by atoms with E-state index in [1.165, 1.54) is 18.3 Å². The number of halogens is 1. The third-order valence-corrected chi connectivity index (χ3v) is 3.23. The molecule has 20 heavy (non-hydrogen) atoms. The average molecular weight is 272 g/mol. The summed E-state index contributed by atoms with van der Waals surface area (Å²) < 4.78 is 18.3. The SMILES string of the molecule is O=C(Nc1ccc(F)nc1)C1OCCc2ccccc21. The van der Waals surface area contributed by atoms with E-state index >= 15 is 0 Å².